The molecular formula is C20H25NO6. The Kier molecular flexibility index (Phi) is 7.16. The SMILES string of the molecule is COc1ccc(OC(C)C(=O)NCc2cc(OC)c(OC)c(OC)c2)cc1. The van der Waals surface area contributed by atoms with Gasteiger partial charge in [0.15, 0.2) is 17.6 Å². The Morgan fingerprint density at radius 3 is 1.93 bits per heavy atom. The number of carbonyl (C=O) groups is 1. The minimum atomic E-state index is -0.652. The van der Waals surface area contributed by atoms with Gasteiger partial charge in [-0.15, -0.1) is 0 Å². The van der Waals surface area contributed by atoms with Gasteiger partial charge < -0.3 is 29.0 Å². The maximum absolute atomic E-state index is 12.3. The van der Waals surface area contributed by atoms with Crippen LogP contribution in [0.15, 0.2) is 36.4 Å². The van der Waals surface area contributed by atoms with Crippen molar-refractivity contribution in [2.45, 2.75) is 19.6 Å². The number of carbonyl (C=O) groups excluding carboxylic acids is 1. The summed E-state index contributed by atoms with van der Waals surface area (Å²) in [5.41, 5.74) is 0.814. The third-order valence-corrected chi connectivity index (χ3v) is 3.93. The Morgan fingerprint density at radius 2 is 1.44 bits per heavy atom. The highest BCUT2D eigenvalue weighted by Crippen LogP contribution is 2.38. The van der Waals surface area contributed by atoms with Gasteiger partial charge in [0.2, 0.25) is 5.75 Å². The summed E-state index contributed by atoms with van der Waals surface area (Å²) in [6.07, 6.45) is -0.652. The van der Waals surface area contributed by atoms with Crippen LogP contribution in [-0.2, 0) is 11.3 Å². The van der Waals surface area contributed by atoms with Crippen molar-refractivity contribution in [2.24, 2.45) is 0 Å². The second-order valence-electron chi connectivity index (χ2n) is 5.69. The Balaban J connectivity index is 1.99. The van der Waals surface area contributed by atoms with Gasteiger partial charge in [0.1, 0.15) is 11.5 Å². The fraction of sp³-hybridized carbons (Fsp3) is 0.350. The highest BCUT2D eigenvalue weighted by atomic mass is 16.5. The van der Waals surface area contributed by atoms with E-state index in [-0.39, 0.29) is 5.91 Å². The molecular weight excluding hydrogens is 350 g/mol. The molecule has 0 spiro atoms. The van der Waals surface area contributed by atoms with Crippen LogP contribution in [0.25, 0.3) is 0 Å². The number of benzene rings is 2. The molecule has 27 heavy (non-hydrogen) atoms. The zero-order valence-electron chi connectivity index (χ0n) is 16.2. The minimum absolute atomic E-state index is 0.237. The summed E-state index contributed by atoms with van der Waals surface area (Å²) in [6, 6.07) is 10.6. The monoisotopic (exact) mass is 375 g/mol. The van der Waals surface area contributed by atoms with Gasteiger partial charge in [-0.2, -0.15) is 0 Å². The molecule has 2 aromatic carbocycles. The molecule has 0 aliphatic heterocycles. The number of rotatable bonds is 9. The molecule has 7 nitrogen and oxygen atoms in total. The first-order chi connectivity index (χ1) is 13.0. The number of nitrogens with one attached hydrogen (secondary N) is 1. The summed E-state index contributed by atoms with van der Waals surface area (Å²) in [5, 5.41) is 2.84. The summed E-state index contributed by atoms with van der Waals surface area (Å²) in [6.45, 7) is 1.99. The van der Waals surface area contributed by atoms with Gasteiger partial charge in [0.25, 0.3) is 5.91 Å². The number of hydrogen-bond donors (Lipinski definition) is 1. The van der Waals surface area contributed by atoms with Gasteiger partial charge in [0.05, 0.1) is 28.4 Å². The van der Waals surface area contributed by atoms with Crippen LogP contribution in [-0.4, -0.2) is 40.5 Å². The quantitative estimate of drug-likeness (QED) is 0.726. The Bertz CT molecular complexity index is 735. The number of amides is 1. The number of methoxy groups -OCH3 is 4. The second kappa shape index (κ2) is 9.56. The van der Waals surface area contributed by atoms with E-state index in [1.807, 2.05) is 0 Å². The highest BCUT2D eigenvalue weighted by molar-refractivity contribution is 5.80. The fourth-order valence-electron chi connectivity index (χ4n) is 2.48. The molecule has 0 saturated carbocycles. The van der Waals surface area contributed by atoms with E-state index in [1.54, 1.807) is 71.8 Å². The molecule has 0 aromatic heterocycles. The Labute approximate surface area is 159 Å². The molecule has 1 unspecified atom stereocenters. The summed E-state index contributed by atoms with van der Waals surface area (Å²) in [5.74, 6) is 2.64. The van der Waals surface area contributed by atoms with Crippen LogP contribution in [0.1, 0.15) is 12.5 Å². The Morgan fingerprint density at radius 1 is 0.889 bits per heavy atom. The lowest BCUT2D eigenvalue weighted by molar-refractivity contribution is -0.127. The van der Waals surface area contributed by atoms with Gasteiger partial charge in [-0.3, -0.25) is 4.79 Å². The first kappa shape index (κ1) is 20.2. The zero-order valence-corrected chi connectivity index (χ0v) is 16.2. The molecule has 1 amide bonds. The van der Waals surface area contributed by atoms with E-state index in [0.29, 0.717) is 29.5 Å². The molecule has 1 N–H and O–H groups in total. The first-order valence-corrected chi connectivity index (χ1v) is 8.39. The van der Waals surface area contributed by atoms with Gasteiger partial charge in [0, 0.05) is 6.54 Å². The van der Waals surface area contributed by atoms with Gasteiger partial charge in [-0.25, -0.2) is 0 Å². The van der Waals surface area contributed by atoms with E-state index in [1.165, 1.54) is 0 Å². The molecule has 0 heterocycles. The smallest absolute Gasteiger partial charge is 0.261 e. The molecule has 7 heteroatoms. The van der Waals surface area contributed by atoms with Crippen LogP contribution in [0.5, 0.6) is 28.7 Å². The van der Waals surface area contributed by atoms with E-state index in [9.17, 15) is 4.79 Å². The summed E-state index contributed by atoms with van der Waals surface area (Å²) >= 11 is 0. The zero-order chi connectivity index (χ0) is 19.8. The van der Waals surface area contributed by atoms with E-state index >= 15 is 0 Å². The molecule has 146 valence electrons. The topological polar surface area (TPSA) is 75.3 Å². The van der Waals surface area contributed by atoms with Crippen molar-refractivity contribution in [2.75, 3.05) is 28.4 Å². The first-order valence-electron chi connectivity index (χ1n) is 8.39. The van der Waals surface area contributed by atoms with Crippen molar-refractivity contribution in [1.29, 1.82) is 0 Å². The molecule has 0 aliphatic carbocycles. The highest BCUT2D eigenvalue weighted by Gasteiger charge is 2.17. The summed E-state index contributed by atoms with van der Waals surface area (Å²) in [4.78, 5) is 12.3. The maximum Gasteiger partial charge on any atom is 0.261 e. The lowest BCUT2D eigenvalue weighted by Crippen LogP contribution is -2.35. The van der Waals surface area contributed by atoms with Gasteiger partial charge in [-0.05, 0) is 48.9 Å². The van der Waals surface area contributed by atoms with Crippen LogP contribution in [0.3, 0.4) is 0 Å². The number of hydrogen-bond acceptors (Lipinski definition) is 6. The largest absolute Gasteiger partial charge is 0.497 e. The predicted molar refractivity (Wildman–Crippen MR) is 101 cm³/mol. The number of ether oxygens (including phenoxy) is 5. The minimum Gasteiger partial charge on any atom is -0.497 e. The average molecular weight is 375 g/mol. The van der Waals surface area contributed by atoms with Crippen molar-refractivity contribution in [3.8, 4) is 28.7 Å². The standard InChI is InChI=1S/C20H25NO6/c1-13(27-16-8-6-15(23-2)7-9-16)20(22)21-12-14-10-17(24-3)19(26-5)18(11-14)25-4/h6-11,13H,12H2,1-5H3,(H,21,22). The maximum atomic E-state index is 12.3. The van der Waals surface area contributed by atoms with Crippen molar-refractivity contribution in [3.63, 3.8) is 0 Å². The van der Waals surface area contributed by atoms with Crippen LogP contribution >= 0.6 is 0 Å². The summed E-state index contributed by atoms with van der Waals surface area (Å²) in [7, 11) is 6.23. The van der Waals surface area contributed by atoms with Crippen LogP contribution in [0.4, 0.5) is 0 Å². The van der Waals surface area contributed by atoms with Crippen LogP contribution < -0.4 is 29.0 Å². The molecule has 2 aromatic rings. The molecule has 0 radical (unpaired) electrons. The van der Waals surface area contributed by atoms with Crippen LogP contribution in [0, 0.1) is 0 Å². The lowest BCUT2D eigenvalue weighted by Gasteiger charge is -2.17. The van der Waals surface area contributed by atoms with Gasteiger partial charge in [-0.1, -0.05) is 0 Å². The van der Waals surface area contributed by atoms with E-state index in [4.69, 9.17) is 23.7 Å². The van der Waals surface area contributed by atoms with Crippen molar-refractivity contribution >= 4 is 5.91 Å². The van der Waals surface area contributed by atoms with E-state index in [0.717, 1.165) is 11.3 Å². The third-order valence-electron chi connectivity index (χ3n) is 3.93. The molecule has 0 bridgehead atoms. The third kappa shape index (κ3) is 5.20. The molecule has 0 aliphatic rings. The van der Waals surface area contributed by atoms with Gasteiger partial charge >= 0.3 is 0 Å². The van der Waals surface area contributed by atoms with Crippen LogP contribution in [0.2, 0.25) is 0 Å². The van der Waals surface area contributed by atoms with E-state index < -0.39 is 6.10 Å². The Hall–Kier alpha value is -3.09. The normalized spacial score (nSPS) is 11.3. The second-order valence-corrected chi connectivity index (χ2v) is 5.69. The molecule has 0 fully saturated rings. The predicted octanol–water partition coefficient (Wildman–Crippen LogP) is 2.80. The van der Waals surface area contributed by atoms with Crippen molar-refractivity contribution in [1.82, 2.24) is 5.32 Å². The molecule has 2 rings (SSSR count). The van der Waals surface area contributed by atoms with E-state index in [2.05, 4.69) is 5.32 Å². The molecule has 1 atom stereocenters. The fourth-order valence-corrected chi connectivity index (χ4v) is 2.48. The molecule has 0 saturated heterocycles. The average Bonchev–Trinajstić information content (AvgIpc) is 2.71. The summed E-state index contributed by atoms with van der Waals surface area (Å²) < 4.78 is 26.7. The van der Waals surface area contributed by atoms with Crippen molar-refractivity contribution in [3.05, 3.63) is 42.0 Å². The lowest BCUT2D eigenvalue weighted by atomic mass is 10.1. The van der Waals surface area contributed by atoms with Crippen molar-refractivity contribution < 1.29 is 28.5 Å².